The highest BCUT2D eigenvalue weighted by Gasteiger charge is 2.24. The monoisotopic (exact) mass is 487 g/mol. The molecule has 33 heavy (non-hydrogen) atoms. The number of nitrogens with zero attached hydrogens (tertiary/aromatic N) is 4. The van der Waals surface area contributed by atoms with E-state index in [4.69, 9.17) is 4.42 Å². The summed E-state index contributed by atoms with van der Waals surface area (Å²) in [5.41, 5.74) is 0. The molecule has 1 saturated heterocycles. The van der Waals surface area contributed by atoms with Crippen molar-refractivity contribution in [3.8, 4) is 0 Å². The molecule has 10 heteroatoms. The maximum atomic E-state index is 12.8. The first-order valence-electron chi connectivity index (χ1n) is 11.2. The van der Waals surface area contributed by atoms with Gasteiger partial charge in [-0.05, 0) is 49.4 Å². The van der Waals surface area contributed by atoms with Crippen molar-refractivity contribution in [2.75, 3.05) is 30.3 Å². The van der Waals surface area contributed by atoms with Crippen LogP contribution in [0.15, 0.2) is 40.1 Å². The molecule has 176 valence electrons. The number of piperidine rings is 1. The van der Waals surface area contributed by atoms with Crippen LogP contribution in [0.2, 0.25) is 0 Å². The Hall–Kier alpha value is -2.59. The lowest BCUT2D eigenvalue weighted by Gasteiger charge is -2.31. The van der Waals surface area contributed by atoms with Gasteiger partial charge in [-0.25, -0.2) is 0 Å². The van der Waals surface area contributed by atoms with E-state index in [9.17, 15) is 9.59 Å². The first kappa shape index (κ1) is 23.6. The Morgan fingerprint density at radius 3 is 2.79 bits per heavy atom. The third-order valence-corrected chi connectivity index (χ3v) is 7.82. The van der Waals surface area contributed by atoms with E-state index in [0.717, 1.165) is 64.9 Å². The van der Waals surface area contributed by atoms with Crippen molar-refractivity contribution in [1.82, 2.24) is 20.1 Å². The molecule has 4 heterocycles. The van der Waals surface area contributed by atoms with Gasteiger partial charge in [0.2, 0.25) is 11.9 Å². The summed E-state index contributed by atoms with van der Waals surface area (Å²) in [6.07, 6.45) is 4.66. The third kappa shape index (κ3) is 6.26. The van der Waals surface area contributed by atoms with Gasteiger partial charge in [-0.1, -0.05) is 18.7 Å². The zero-order valence-electron chi connectivity index (χ0n) is 19.0. The lowest BCUT2D eigenvalue weighted by molar-refractivity contribution is -0.118. The Labute approximate surface area is 201 Å². The molecule has 0 unspecified atom stereocenters. The van der Waals surface area contributed by atoms with Gasteiger partial charge in [0, 0.05) is 31.4 Å². The second kappa shape index (κ2) is 11.0. The number of thioether (sulfide) groups is 1. The Morgan fingerprint density at radius 1 is 1.24 bits per heavy atom. The van der Waals surface area contributed by atoms with Crippen LogP contribution in [-0.4, -0.2) is 51.8 Å². The van der Waals surface area contributed by atoms with E-state index in [1.54, 1.807) is 6.26 Å². The van der Waals surface area contributed by atoms with E-state index >= 15 is 0 Å². The van der Waals surface area contributed by atoms with Crippen molar-refractivity contribution < 1.29 is 14.0 Å². The number of amides is 1. The van der Waals surface area contributed by atoms with Crippen molar-refractivity contribution in [3.05, 3.63) is 46.0 Å². The minimum Gasteiger partial charge on any atom is -0.467 e. The molecule has 4 rings (SSSR count). The van der Waals surface area contributed by atoms with E-state index in [2.05, 4.69) is 31.9 Å². The fourth-order valence-electron chi connectivity index (χ4n) is 3.75. The Morgan fingerprint density at radius 2 is 2.06 bits per heavy atom. The number of rotatable bonds is 10. The fourth-order valence-corrected chi connectivity index (χ4v) is 5.60. The number of aromatic nitrogens is 3. The van der Waals surface area contributed by atoms with Gasteiger partial charge >= 0.3 is 0 Å². The lowest BCUT2D eigenvalue weighted by Crippen LogP contribution is -2.35. The molecule has 1 fully saturated rings. The van der Waals surface area contributed by atoms with Crippen molar-refractivity contribution in [1.29, 1.82) is 0 Å². The van der Waals surface area contributed by atoms with Crippen LogP contribution in [0.4, 0.5) is 5.95 Å². The number of nitrogens with one attached hydrogen (secondary N) is 1. The van der Waals surface area contributed by atoms with Crippen LogP contribution in [0, 0.1) is 5.92 Å². The van der Waals surface area contributed by atoms with Gasteiger partial charge in [-0.15, -0.1) is 21.5 Å². The van der Waals surface area contributed by atoms with Crippen molar-refractivity contribution in [2.24, 2.45) is 5.92 Å². The summed E-state index contributed by atoms with van der Waals surface area (Å²) in [7, 11) is 0. The molecule has 0 bridgehead atoms. The molecule has 3 aromatic heterocycles. The summed E-state index contributed by atoms with van der Waals surface area (Å²) in [6, 6.07) is 7.64. The van der Waals surface area contributed by atoms with Gasteiger partial charge in [0.1, 0.15) is 5.76 Å². The second-order valence-corrected chi connectivity index (χ2v) is 10.4. The van der Waals surface area contributed by atoms with Crippen LogP contribution >= 0.6 is 23.1 Å². The van der Waals surface area contributed by atoms with Crippen LogP contribution in [0.5, 0.6) is 0 Å². The maximum absolute atomic E-state index is 12.8. The Kier molecular flexibility index (Phi) is 7.87. The molecule has 0 atom stereocenters. The molecule has 3 aromatic rings. The molecule has 0 spiro atoms. The van der Waals surface area contributed by atoms with Gasteiger partial charge in [0.15, 0.2) is 10.9 Å². The number of thiophene rings is 1. The van der Waals surface area contributed by atoms with Gasteiger partial charge in [-0.2, -0.15) is 0 Å². The first-order valence-corrected chi connectivity index (χ1v) is 13.0. The molecule has 1 aliphatic rings. The minimum absolute atomic E-state index is 0.0450. The Balaban J connectivity index is 1.42. The summed E-state index contributed by atoms with van der Waals surface area (Å²) >= 11 is 2.89. The van der Waals surface area contributed by atoms with Crippen molar-refractivity contribution >= 4 is 40.7 Å². The molecule has 8 nitrogen and oxygen atoms in total. The second-order valence-electron chi connectivity index (χ2n) is 8.33. The third-order valence-electron chi connectivity index (χ3n) is 5.67. The number of carbonyl (C=O) groups excluding carboxylic acids is 2. The number of carbonyl (C=O) groups is 2. The van der Waals surface area contributed by atoms with E-state index in [0.29, 0.717) is 18.8 Å². The average Bonchev–Trinajstić information content (AvgIpc) is 3.55. The SMILES string of the molecule is CC(=O)NCCc1ccc(C(=O)CSc2nnc(N3CCC(C)CC3)n2Cc2ccco2)s1. The van der Waals surface area contributed by atoms with Gasteiger partial charge in [0.05, 0.1) is 23.4 Å². The van der Waals surface area contributed by atoms with Crippen molar-refractivity contribution in [3.63, 3.8) is 0 Å². The normalized spacial score (nSPS) is 14.5. The van der Waals surface area contributed by atoms with E-state index in [1.807, 2.05) is 24.3 Å². The van der Waals surface area contributed by atoms with Crippen LogP contribution in [0.25, 0.3) is 0 Å². The highest BCUT2D eigenvalue weighted by molar-refractivity contribution is 7.99. The number of anilines is 1. The highest BCUT2D eigenvalue weighted by atomic mass is 32.2. The topological polar surface area (TPSA) is 93.3 Å². The zero-order valence-corrected chi connectivity index (χ0v) is 20.6. The number of hydrogen-bond acceptors (Lipinski definition) is 8. The van der Waals surface area contributed by atoms with Gasteiger partial charge in [-0.3, -0.25) is 14.2 Å². The highest BCUT2D eigenvalue weighted by Crippen LogP contribution is 2.28. The largest absolute Gasteiger partial charge is 0.467 e. The molecule has 1 amide bonds. The van der Waals surface area contributed by atoms with E-state index < -0.39 is 0 Å². The van der Waals surface area contributed by atoms with Crippen LogP contribution < -0.4 is 10.2 Å². The molecular weight excluding hydrogens is 458 g/mol. The molecule has 1 N–H and O–H groups in total. The molecule has 0 saturated carbocycles. The fraction of sp³-hybridized carbons (Fsp3) is 0.478. The maximum Gasteiger partial charge on any atom is 0.228 e. The smallest absolute Gasteiger partial charge is 0.228 e. The molecular formula is C23H29N5O3S2. The molecule has 1 aliphatic heterocycles. The Bertz CT molecular complexity index is 1070. The van der Waals surface area contributed by atoms with Crippen LogP contribution in [0.1, 0.15) is 47.0 Å². The summed E-state index contributed by atoms with van der Waals surface area (Å²) < 4.78 is 7.63. The first-order chi connectivity index (χ1) is 16.0. The summed E-state index contributed by atoms with van der Waals surface area (Å²) in [6.45, 7) is 6.81. The molecule has 0 radical (unpaired) electrons. The number of Topliss-reactive ketones (excluding diaryl/α,β-unsaturated/α-hetero) is 1. The average molecular weight is 488 g/mol. The number of hydrogen-bond donors (Lipinski definition) is 1. The van der Waals surface area contributed by atoms with Crippen LogP contribution in [0.3, 0.4) is 0 Å². The number of ketones is 1. The summed E-state index contributed by atoms with van der Waals surface area (Å²) in [5.74, 6) is 2.70. The predicted octanol–water partition coefficient (Wildman–Crippen LogP) is 3.87. The van der Waals surface area contributed by atoms with Gasteiger partial charge in [0.25, 0.3) is 0 Å². The standard InChI is InChI=1S/C23H29N5O3S2/c1-16-8-11-27(12-9-16)22-25-26-23(28(22)14-18-4-3-13-31-18)32-15-20(30)21-6-5-19(33-21)7-10-24-17(2)29/h3-6,13,16H,7-12,14-15H2,1-2H3,(H,24,29). The van der Waals surface area contributed by atoms with E-state index in [-0.39, 0.29) is 11.7 Å². The summed E-state index contributed by atoms with van der Waals surface area (Å²) in [5, 5.41) is 12.4. The molecule has 0 aliphatic carbocycles. The summed E-state index contributed by atoms with van der Waals surface area (Å²) in [4.78, 5) is 27.9. The van der Waals surface area contributed by atoms with Crippen molar-refractivity contribution in [2.45, 2.75) is 44.8 Å². The van der Waals surface area contributed by atoms with Crippen LogP contribution in [-0.2, 0) is 17.8 Å². The zero-order chi connectivity index (χ0) is 23.2. The van der Waals surface area contributed by atoms with Gasteiger partial charge < -0.3 is 14.6 Å². The number of furan rings is 1. The lowest BCUT2D eigenvalue weighted by atomic mass is 10.00. The quantitative estimate of drug-likeness (QED) is 0.343. The van der Waals surface area contributed by atoms with E-state index in [1.165, 1.54) is 30.0 Å². The molecule has 0 aromatic carbocycles. The predicted molar refractivity (Wildman–Crippen MR) is 130 cm³/mol. The minimum atomic E-state index is -0.0450.